The average Bonchev–Trinajstić information content (AvgIpc) is 3.97. The van der Waals surface area contributed by atoms with Crippen LogP contribution in [0.3, 0.4) is 0 Å². The summed E-state index contributed by atoms with van der Waals surface area (Å²) in [7, 11) is 9.97. The van der Waals surface area contributed by atoms with E-state index in [0.29, 0.717) is 11.9 Å². The Morgan fingerprint density at radius 3 is 1.68 bits per heavy atom. The maximum atomic E-state index is 12.4. The van der Waals surface area contributed by atoms with Crippen LogP contribution < -0.4 is 0 Å². The SMILES string of the molecule is CC1OC(=O)C2=C1[C@@H]1C[C@@H]3O[C@@]34[C@H](O)[C@@]3(C(C)C)O[C@H]3[C@@H]3O[C@@]34[C@@]1(C)CC2.CSCO[C@@H]1[C@@]2(C(C)C)O[C@H]2[C@@H]2O[C@]23[C@]12O[C@H]2C[C@H]1C2=C(CC[C@@]13C)C(=O)OC2C.[Cl][Hg][Cl]. The first kappa shape index (κ1) is 41.4. The van der Waals surface area contributed by atoms with Gasteiger partial charge in [0.2, 0.25) is 0 Å². The van der Waals surface area contributed by atoms with Gasteiger partial charge >= 0.3 is 50.5 Å². The second kappa shape index (κ2) is 12.5. The summed E-state index contributed by atoms with van der Waals surface area (Å²) in [6.45, 7) is 17.3. The van der Waals surface area contributed by atoms with Gasteiger partial charge in [0.25, 0.3) is 0 Å². The zero-order chi connectivity index (χ0) is 42.3. The van der Waals surface area contributed by atoms with E-state index >= 15 is 0 Å². The molecule has 14 aliphatic rings. The first-order valence-corrected chi connectivity index (χ1v) is 37.2. The summed E-state index contributed by atoms with van der Waals surface area (Å²) in [6, 6.07) is 0. The van der Waals surface area contributed by atoms with Crippen molar-refractivity contribution < 1.29 is 79.4 Å². The van der Waals surface area contributed by atoms with Crippen LogP contribution in [0.5, 0.6) is 0 Å². The number of carbonyl (C=O) groups is 2. The molecule has 4 saturated carbocycles. The predicted octanol–water partition coefficient (Wildman–Crippen LogP) is 5.70. The Balaban J connectivity index is 0.000000122. The van der Waals surface area contributed by atoms with Crippen LogP contribution in [-0.2, 0) is 74.3 Å². The van der Waals surface area contributed by atoms with Crippen molar-refractivity contribution in [2.24, 2.45) is 34.5 Å². The summed E-state index contributed by atoms with van der Waals surface area (Å²) in [5.74, 6) is 1.36. The molecule has 0 aromatic heterocycles. The molecule has 16 heteroatoms. The van der Waals surface area contributed by atoms with Crippen LogP contribution in [0.2, 0.25) is 0 Å². The number of aliphatic hydroxyl groups is 1. The van der Waals surface area contributed by atoms with E-state index in [1.807, 2.05) is 13.8 Å². The third kappa shape index (κ3) is 4.27. The van der Waals surface area contributed by atoms with Crippen LogP contribution in [-0.4, -0.2) is 124 Å². The molecule has 12 nitrogen and oxygen atoms in total. The molecule has 0 aromatic carbocycles. The number of fused-ring (bicyclic) bond motifs is 8. The molecule has 14 rings (SSSR count). The van der Waals surface area contributed by atoms with Crippen molar-refractivity contribution >= 4 is 40.2 Å². The van der Waals surface area contributed by atoms with Crippen LogP contribution in [0.15, 0.2) is 22.3 Å². The van der Waals surface area contributed by atoms with Crippen molar-refractivity contribution in [3.05, 3.63) is 22.3 Å². The first-order valence-electron chi connectivity index (χ1n) is 22.3. The van der Waals surface area contributed by atoms with Gasteiger partial charge in [-0.3, -0.25) is 0 Å². The fraction of sp³-hybridized carbons (Fsp3) is 0.864. The summed E-state index contributed by atoms with van der Waals surface area (Å²) in [5, 5.41) is 11.5. The van der Waals surface area contributed by atoms with Crippen molar-refractivity contribution in [3.8, 4) is 0 Å². The van der Waals surface area contributed by atoms with Gasteiger partial charge in [0.1, 0.15) is 71.2 Å². The second-order valence-corrected chi connectivity index (χ2v) is 30.0. The molecule has 10 fully saturated rings. The molecule has 0 aromatic rings. The Bertz CT molecular complexity index is 2070. The number of hydrogen-bond acceptors (Lipinski definition) is 13. The number of esters is 2. The fourth-order valence-corrected chi connectivity index (χ4v) is 16.7. The second-order valence-electron chi connectivity index (χ2n) is 21.3. The van der Waals surface area contributed by atoms with Crippen molar-refractivity contribution in [3.63, 3.8) is 0 Å². The minimum atomic E-state index is -1.14. The predicted molar refractivity (Wildman–Crippen MR) is 212 cm³/mol. The van der Waals surface area contributed by atoms with Crippen molar-refractivity contribution in [2.45, 2.75) is 189 Å². The van der Waals surface area contributed by atoms with Gasteiger partial charge in [-0.2, -0.15) is 0 Å². The topological polar surface area (TPSA) is 157 Å². The summed E-state index contributed by atoms with van der Waals surface area (Å²) < 4.78 is 56.7. The number of rotatable bonds is 5. The number of ether oxygens (including phenoxy) is 9. The van der Waals surface area contributed by atoms with Gasteiger partial charge in [0.15, 0.2) is 11.2 Å². The Hall–Kier alpha value is -0.0349. The van der Waals surface area contributed by atoms with E-state index in [1.165, 1.54) is 5.57 Å². The third-order valence-corrected chi connectivity index (χ3v) is 19.4. The summed E-state index contributed by atoms with van der Waals surface area (Å²) >= 11 is 0.556. The number of halogens is 2. The monoisotopic (exact) mass is 1080 g/mol. The molecule has 2 unspecified atom stereocenters. The molecule has 20 atom stereocenters. The molecular weight excluding hydrogens is 1020 g/mol. The number of hydrogen-bond donors (Lipinski definition) is 1. The molecular formula is C44H56Cl2HgO12S. The van der Waals surface area contributed by atoms with Crippen molar-refractivity contribution in [1.82, 2.24) is 0 Å². The summed E-state index contributed by atoms with van der Waals surface area (Å²) in [6.07, 6.45) is 6.10. The molecule has 0 amide bonds. The molecule has 8 aliphatic heterocycles. The number of carbonyl (C=O) groups excluding carboxylic acids is 2. The van der Waals surface area contributed by atoms with Gasteiger partial charge in [0, 0.05) is 22.0 Å². The first-order chi connectivity index (χ1) is 28.5. The molecule has 6 aliphatic carbocycles. The number of cyclic esters (lactones) is 2. The zero-order valence-electron chi connectivity index (χ0n) is 35.8. The molecule has 326 valence electrons. The van der Waals surface area contributed by atoms with Gasteiger partial charge in [-0.1, -0.05) is 41.5 Å². The van der Waals surface area contributed by atoms with Crippen LogP contribution >= 0.6 is 28.3 Å². The van der Waals surface area contributed by atoms with Gasteiger partial charge < -0.3 is 47.7 Å². The van der Waals surface area contributed by atoms with Crippen molar-refractivity contribution in [2.75, 3.05) is 12.2 Å². The Labute approximate surface area is 374 Å². The molecule has 4 spiro atoms. The molecule has 60 heavy (non-hydrogen) atoms. The van der Waals surface area contributed by atoms with Crippen molar-refractivity contribution in [1.29, 1.82) is 0 Å². The quantitative estimate of drug-likeness (QED) is 0.155. The third-order valence-electron chi connectivity index (χ3n) is 19.1. The van der Waals surface area contributed by atoms with Gasteiger partial charge in [-0.05, 0) is 93.4 Å². The Kier molecular flexibility index (Phi) is 8.62. The Morgan fingerprint density at radius 2 is 1.18 bits per heavy atom. The fourth-order valence-electron chi connectivity index (χ4n) is 16.4. The molecule has 1 N–H and O–H groups in total. The average molecular weight is 1080 g/mol. The van der Waals surface area contributed by atoms with E-state index in [2.05, 4.69) is 47.8 Å². The summed E-state index contributed by atoms with van der Waals surface area (Å²) in [4.78, 5) is 24.7. The van der Waals surface area contributed by atoms with E-state index < -0.39 is 50.6 Å². The van der Waals surface area contributed by atoms with E-state index in [-0.39, 0.29) is 107 Å². The van der Waals surface area contributed by atoms with E-state index in [4.69, 9.17) is 59.1 Å². The zero-order valence-corrected chi connectivity index (χ0v) is 43.7. The number of epoxide rings is 6. The molecule has 0 bridgehead atoms. The number of aliphatic hydroxyl groups excluding tert-OH is 1. The van der Waals surface area contributed by atoms with Crippen LogP contribution in [0.1, 0.15) is 93.9 Å². The molecule has 8 heterocycles. The normalized spacial score (nSPS) is 58.4. The Morgan fingerprint density at radius 1 is 0.733 bits per heavy atom. The van der Waals surface area contributed by atoms with E-state index in [0.717, 1.165) is 55.2 Å². The van der Waals surface area contributed by atoms with E-state index in [1.54, 1.807) is 11.8 Å². The summed E-state index contributed by atoms with van der Waals surface area (Å²) in [5.41, 5.74) is 1.07. The molecule has 6 saturated heterocycles. The maximum absolute atomic E-state index is 12.4. The van der Waals surface area contributed by atoms with Gasteiger partial charge in [-0.15, -0.1) is 11.8 Å². The van der Waals surface area contributed by atoms with E-state index in [9.17, 15) is 14.7 Å². The minimum absolute atomic E-state index is 0.0171. The van der Waals surface area contributed by atoms with Crippen LogP contribution in [0.4, 0.5) is 0 Å². The van der Waals surface area contributed by atoms with Crippen LogP contribution in [0, 0.1) is 34.5 Å². The number of thioether (sulfide) groups is 1. The van der Waals surface area contributed by atoms with Gasteiger partial charge in [0.05, 0.1) is 18.1 Å². The molecule has 0 radical (unpaired) electrons. The van der Waals surface area contributed by atoms with Gasteiger partial charge in [-0.25, -0.2) is 9.59 Å². The van der Waals surface area contributed by atoms with Crippen LogP contribution in [0.25, 0.3) is 0 Å². The standard InChI is InChI=1S/C23H30O6S.C21H26O6.2ClH.Hg/c1-10(2)21-16(28-21)17-23(29-17)20(4)7-6-12-15(11(3)26-18(12)24)13(20)8-14-22(23,27-14)19(21)25-9-30-5;1-8(2)19-14(26-19)15-21(27-15)18(4)6-5-10-13(9(3)24-16(10)22)11(18)7-12-20(21,25-12)17(19)23;;;/h10-11,13-14,16-17,19H,6-9H2,1-5H3;8-9,11-12,14-15,17,23H,5-7H2,1-4H3;2*1H;/q;;;;+2/p-2/t11?,13-,14-,16-,17-,19+,20-,21-,22+,23+;9?,11-,12-,14-,15-,17+,18-,19-,20+,21+;;;/m00.../s1.